The normalized spacial score (nSPS) is 12.7. The lowest BCUT2D eigenvalue weighted by molar-refractivity contribution is 0.582. The first kappa shape index (κ1) is 58.7. The SMILES string of the molecule is CCC(C)c1nnc(-c2cccc(-c3cc(-c4ccc(C(C)(C)C)cc4)cc(-c4ccc(C(C)(C)C)cc4)c3)c2)n1-c1ccccc1C(C)C.CCC(C)c1nnc(-c2cccc(C)c2)n1-c1ccc(-c2ccccc2)cc1C(C)(C)C. The molecule has 0 aliphatic carbocycles. The van der Waals surface area contributed by atoms with E-state index in [0.717, 1.165) is 64.2 Å². The molecule has 6 nitrogen and oxygen atoms in total. The quantitative estimate of drug-likeness (QED) is 0.115. The third-order valence-electron chi connectivity index (χ3n) is 16.3. The van der Waals surface area contributed by atoms with Crippen LogP contribution in [0, 0.1) is 6.92 Å². The van der Waals surface area contributed by atoms with E-state index < -0.39 is 0 Å². The lowest BCUT2D eigenvalue weighted by Gasteiger charge is -2.26. The van der Waals surface area contributed by atoms with E-state index in [2.05, 4.69) is 318 Å². The van der Waals surface area contributed by atoms with E-state index in [4.69, 9.17) is 10.2 Å². The molecule has 2 aromatic heterocycles. The Bertz CT molecular complexity index is 3700. The highest BCUT2D eigenvalue weighted by molar-refractivity contribution is 5.83. The molecule has 10 aromatic rings. The first-order valence-corrected chi connectivity index (χ1v) is 29.8. The summed E-state index contributed by atoms with van der Waals surface area (Å²) in [5, 5.41) is 19.1. The van der Waals surface area contributed by atoms with E-state index in [-0.39, 0.29) is 22.2 Å². The second-order valence-corrected chi connectivity index (χ2v) is 26.0. The maximum atomic E-state index is 4.87. The Labute approximate surface area is 490 Å². The summed E-state index contributed by atoms with van der Waals surface area (Å²) >= 11 is 0. The third kappa shape index (κ3) is 12.9. The van der Waals surface area contributed by atoms with Crippen LogP contribution in [0.1, 0.15) is 174 Å². The molecule has 0 aliphatic rings. The minimum atomic E-state index is -0.0407. The van der Waals surface area contributed by atoms with Gasteiger partial charge < -0.3 is 0 Å². The molecule has 0 saturated carbocycles. The van der Waals surface area contributed by atoms with Gasteiger partial charge in [0.1, 0.15) is 11.6 Å². The maximum absolute atomic E-state index is 4.87. The minimum absolute atomic E-state index is 0.0407. The van der Waals surface area contributed by atoms with Crippen molar-refractivity contribution in [2.45, 2.75) is 158 Å². The van der Waals surface area contributed by atoms with Crippen molar-refractivity contribution in [1.29, 1.82) is 0 Å². The molecule has 0 amide bonds. The van der Waals surface area contributed by atoms with Crippen molar-refractivity contribution in [3.8, 4) is 78.7 Å². The molecule has 0 spiro atoms. The molecule has 2 heterocycles. The molecule has 82 heavy (non-hydrogen) atoms. The number of para-hydroxylation sites is 1. The van der Waals surface area contributed by atoms with Crippen molar-refractivity contribution in [3.05, 3.63) is 228 Å². The summed E-state index contributed by atoms with van der Waals surface area (Å²) in [5.74, 6) is 4.75. The van der Waals surface area contributed by atoms with Crippen molar-refractivity contribution < 1.29 is 0 Å². The topological polar surface area (TPSA) is 61.4 Å². The summed E-state index contributed by atoms with van der Waals surface area (Å²) in [6.07, 6.45) is 2.00. The Kier molecular flexibility index (Phi) is 17.4. The molecule has 0 bridgehead atoms. The van der Waals surface area contributed by atoms with Crippen LogP contribution in [0.25, 0.3) is 78.7 Å². The smallest absolute Gasteiger partial charge is 0.168 e. The van der Waals surface area contributed by atoms with Gasteiger partial charge in [-0.15, -0.1) is 20.4 Å². The van der Waals surface area contributed by atoms with Crippen molar-refractivity contribution in [3.63, 3.8) is 0 Å². The van der Waals surface area contributed by atoms with Gasteiger partial charge in [0.25, 0.3) is 0 Å². The molecule has 8 aromatic carbocycles. The van der Waals surface area contributed by atoms with Crippen molar-refractivity contribution in [2.24, 2.45) is 0 Å². The van der Waals surface area contributed by atoms with Gasteiger partial charge >= 0.3 is 0 Å². The predicted molar refractivity (Wildman–Crippen MR) is 348 cm³/mol. The number of rotatable bonds is 13. The van der Waals surface area contributed by atoms with E-state index in [0.29, 0.717) is 11.8 Å². The van der Waals surface area contributed by atoms with Gasteiger partial charge in [0, 0.05) is 23.0 Å². The summed E-state index contributed by atoms with van der Waals surface area (Å²) in [5.41, 5.74) is 20.7. The number of hydrogen-bond acceptors (Lipinski definition) is 4. The van der Waals surface area contributed by atoms with E-state index in [1.165, 1.54) is 66.8 Å². The Morgan fingerprint density at radius 1 is 0.354 bits per heavy atom. The van der Waals surface area contributed by atoms with E-state index in [1.54, 1.807) is 0 Å². The molecule has 2 atom stereocenters. The molecule has 2 unspecified atom stereocenters. The average Bonchev–Trinajstić information content (AvgIpc) is 3.54. The highest BCUT2D eigenvalue weighted by Gasteiger charge is 2.27. The third-order valence-corrected chi connectivity index (χ3v) is 16.3. The molecule has 6 heteroatoms. The molecule has 10 rings (SSSR count). The number of nitrogens with zero attached hydrogens (tertiary/aromatic N) is 6. The molecule has 420 valence electrons. The van der Waals surface area contributed by atoms with Crippen molar-refractivity contribution in [2.75, 3.05) is 0 Å². The fourth-order valence-electron chi connectivity index (χ4n) is 10.8. The van der Waals surface area contributed by atoms with Gasteiger partial charge in [0.2, 0.25) is 0 Å². The van der Waals surface area contributed by atoms with Gasteiger partial charge in [-0.1, -0.05) is 249 Å². The Hall–Kier alpha value is -7.96. The summed E-state index contributed by atoms with van der Waals surface area (Å²) in [4.78, 5) is 0. The van der Waals surface area contributed by atoms with Crippen LogP contribution in [0.15, 0.2) is 188 Å². The fraction of sp³-hybridized carbons (Fsp3) is 0.316. The Morgan fingerprint density at radius 2 is 0.756 bits per heavy atom. The molecular weight excluding hydrogens is 997 g/mol. The van der Waals surface area contributed by atoms with Crippen molar-refractivity contribution >= 4 is 0 Å². The van der Waals surface area contributed by atoms with Crippen LogP contribution in [0.3, 0.4) is 0 Å². The minimum Gasteiger partial charge on any atom is -0.278 e. The number of hydrogen-bond donors (Lipinski definition) is 0. The van der Waals surface area contributed by atoms with E-state index in [1.807, 2.05) is 0 Å². The van der Waals surface area contributed by atoms with Gasteiger partial charge in [-0.25, -0.2) is 0 Å². The zero-order valence-electron chi connectivity index (χ0n) is 51.7. The lowest BCUT2D eigenvalue weighted by atomic mass is 9.83. The van der Waals surface area contributed by atoms with Gasteiger partial charge in [0.15, 0.2) is 11.6 Å². The Balaban J connectivity index is 0.000000218. The summed E-state index contributed by atoms with van der Waals surface area (Å²) in [6, 6.07) is 68.6. The second kappa shape index (κ2) is 24.2. The number of aryl methyl sites for hydroxylation is 1. The highest BCUT2D eigenvalue weighted by Crippen LogP contribution is 2.40. The van der Waals surface area contributed by atoms with Crippen LogP contribution >= 0.6 is 0 Å². The van der Waals surface area contributed by atoms with E-state index >= 15 is 0 Å². The van der Waals surface area contributed by atoms with Crippen molar-refractivity contribution in [1.82, 2.24) is 29.5 Å². The van der Waals surface area contributed by atoms with Crippen LogP contribution in [-0.2, 0) is 16.2 Å². The molecule has 0 N–H and O–H groups in total. The van der Waals surface area contributed by atoms with Crippen LogP contribution in [0.2, 0.25) is 0 Å². The standard InChI is InChI=1S/C47H53N3.C29H33N3/c1-11-32(4)44-48-49-45(50(44)43-18-13-12-17-42(43)31(2)3)36-16-14-15-35(27-36)39-29-37(33-19-23-40(24-20-33)46(5,6)7)28-38(30-39)34-21-25-41(26-22-34)47(8,9)10;1-7-21(3)27-30-31-28(24-15-11-12-20(2)18-24)32(27)26-17-16-23(19-25(26)29(4,5)6)22-13-9-8-10-14-22/h12-32H,11H2,1-10H3;8-19,21H,7H2,1-6H3. The average molecular weight is 1080 g/mol. The van der Waals surface area contributed by atoms with E-state index in [9.17, 15) is 0 Å². The second-order valence-electron chi connectivity index (χ2n) is 26.0. The van der Waals surface area contributed by atoms with Crippen LogP contribution in [0.4, 0.5) is 0 Å². The molecule has 0 aliphatic heterocycles. The van der Waals surface area contributed by atoms with Crippen LogP contribution in [0.5, 0.6) is 0 Å². The first-order valence-electron chi connectivity index (χ1n) is 29.8. The largest absolute Gasteiger partial charge is 0.278 e. The Morgan fingerprint density at radius 3 is 1.24 bits per heavy atom. The van der Waals surface area contributed by atoms with Gasteiger partial charge in [-0.2, -0.15) is 0 Å². The molecular formula is C76H86N6. The first-order chi connectivity index (χ1) is 39.0. The summed E-state index contributed by atoms with van der Waals surface area (Å²) in [7, 11) is 0. The van der Waals surface area contributed by atoms with Crippen LogP contribution in [-0.4, -0.2) is 29.5 Å². The zero-order valence-corrected chi connectivity index (χ0v) is 51.7. The maximum Gasteiger partial charge on any atom is 0.168 e. The molecule has 0 radical (unpaired) electrons. The fourth-order valence-corrected chi connectivity index (χ4v) is 10.8. The van der Waals surface area contributed by atoms with Crippen LogP contribution < -0.4 is 0 Å². The summed E-state index contributed by atoms with van der Waals surface area (Å²) < 4.78 is 4.59. The zero-order chi connectivity index (χ0) is 58.7. The lowest BCUT2D eigenvalue weighted by Crippen LogP contribution is -2.17. The van der Waals surface area contributed by atoms with Gasteiger partial charge in [-0.3, -0.25) is 9.13 Å². The summed E-state index contributed by atoms with van der Waals surface area (Å²) in [6.45, 7) is 36.0. The monoisotopic (exact) mass is 1080 g/mol. The predicted octanol–water partition coefficient (Wildman–Crippen LogP) is 20.9. The molecule has 0 fully saturated rings. The van der Waals surface area contributed by atoms with Gasteiger partial charge in [0.05, 0.1) is 11.4 Å². The number of benzene rings is 8. The molecule has 0 saturated heterocycles. The highest BCUT2D eigenvalue weighted by atomic mass is 15.3. The number of aromatic nitrogens is 6. The van der Waals surface area contributed by atoms with Gasteiger partial charge in [-0.05, 0) is 157 Å².